The van der Waals surface area contributed by atoms with Crippen LogP contribution in [0.5, 0.6) is 5.75 Å². The number of hydrogen-bond donors (Lipinski definition) is 1. The van der Waals surface area contributed by atoms with E-state index in [0.29, 0.717) is 18.0 Å². The van der Waals surface area contributed by atoms with Gasteiger partial charge in [0.15, 0.2) is 11.4 Å². The van der Waals surface area contributed by atoms with Crippen molar-refractivity contribution in [1.82, 2.24) is 20.0 Å². The van der Waals surface area contributed by atoms with Gasteiger partial charge in [-0.15, -0.1) is 0 Å². The zero-order valence-corrected chi connectivity index (χ0v) is 12.8. The molecule has 0 aliphatic carbocycles. The maximum Gasteiger partial charge on any atom is 0.278 e. The van der Waals surface area contributed by atoms with Crippen molar-refractivity contribution in [1.29, 1.82) is 0 Å². The number of carbonyl (C=O) groups is 1. The van der Waals surface area contributed by atoms with Crippen molar-refractivity contribution in [3.05, 3.63) is 42.2 Å². The Labute approximate surface area is 129 Å². The maximum atomic E-state index is 12.8. The molecule has 22 heavy (non-hydrogen) atoms. The van der Waals surface area contributed by atoms with Gasteiger partial charge in [-0.05, 0) is 19.1 Å². The molecule has 6 nitrogen and oxygen atoms in total. The number of piperazine rings is 1. The summed E-state index contributed by atoms with van der Waals surface area (Å²) in [7, 11) is 1.56. The quantitative estimate of drug-likeness (QED) is 0.928. The molecule has 1 N–H and O–H groups in total. The molecule has 1 aliphatic rings. The Bertz CT molecular complexity index is 653. The number of rotatable bonds is 3. The van der Waals surface area contributed by atoms with Crippen LogP contribution in [0.1, 0.15) is 17.4 Å². The van der Waals surface area contributed by atoms with Gasteiger partial charge in [-0.3, -0.25) is 4.79 Å². The fourth-order valence-electron chi connectivity index (χ4n) is 2.65. The van der Waals surface area contributed by atoms with E-state index in [9.17, 15) is 4.79 Å². The highest BCUT2D eigenvalue weighted by Gasteiger charge is 2.28. The van der Waals surface area contributed by atoms with Crippen LogP contribution in [0.3, 0.4) is 0 Å². The highest BCUT2D eigenvalue weighted by atomic mass is 16.5. The lowest BCUT2D eigenvalue weighted by atomic mass is 10.2. The Morgan fingerprint density at radius 1 is 1.36 bits per heavy atom. The third-order valence-corrected chi connectivity index (χ3v) is 3.89. The number of aromatic nitrogens is 2. The van der Waals surface area contributed by atoms with Crippen LogP contribution in [0, 0.1) is 0 Å². The number of carbonyl (C=O) groups excluding carboxylic acids is 1. The molecule has 1 saturated heterocycles. The second-order valence-corrected chi connectivity index (χ2v) is 5.38. The van der Waals surface area contributed by atoms with E-state index in [2.05, 4.69) is 10.4 Å². The van der Waals surface area contributed by atoms with E-state index in [4.69, 9.17) is 4.74 Å². The van der Waals surface area contributed by atoms with Gasteiger partial charge in [0.05, 0.1) is 19.0 Å². The van der Waals surface area contributed by atoms with Gasteiger partial charge < -0.3 is 15.0 Å². The number of benzene rings is 1. The minimum Gasteiger partial charge on any atom is -0.493 e. The smallest absolute Gasteiger partial charge is 0.278 e. The first-order chi connectivity index (χ1) is 10.7. The van der Waals surface area contributed by atoms with E-state index >= 15 is 0 Å². The molecule has 0 saturated carbocycles. The van der Waals surface area contributed by atoms with Gasteiger partial charge in [-0.1, -0.05) is 18.2 Å². The number of hydrogen-bond acceptors (Lipinski definition) is 4. The maximum absolute atomic E-state index is 12.8. The van der Waals surface area contributed by atoms with E-state index in [-0.39, 0.29) is 11.9 Å². The van der Waals surface area contributed by atoms with E-state index in [1.807, 2.05) is 42.2 Å². The average Bonchev–Trinajstić information content (AvgIpc) is 3.00. The largest absolute Gasteiger partial charge is 0.493 e. The molecule has 0 radical (unpaired) electrons. The van der Waals surface area contributed by atoms with Crippen molar-refractivity contribution in [3.63, 3.8) is 0 Å². The highest BCUT2D eigenvalue weighted by molar-refractivity contribution is 5.95. The molecular weight excluding hydrogens is 280 g/mol. The molecule has 6 heteroatoms. The molecule has 116 valence electrons. The van der Waals surface area contributed by atoms with Gasteiger partial charge in [0, 0.05) is 25.7 Å². The molecule has 0 unspecified atom stereocenters. The number of para-hydroxylation sites is 1. The summed E-state index contributed by atoms with van der Waals surface area (Å²) in [6.07, 6.45) is 1.75. The minimum absolute atomic E-state index is 0.0828. The molecule has 1 fully saturated rings. The molecule has 1 aromatic carbocycles. The van der Waals surface area contributed by atoms with Crippen molar-refractivity contribution >= 4 is 5.91 Å². The third-order valence-electron chi connectivity index (χ3n) is 3.89. The second-order valence-electron chi connectivity index (χ2n) is 5.38. The van der Waals surface area contributed by atoms with Crippen LogP contribution in [0.4, 0.5) is 0 Å². The minimum atomic E-state index is -0.0828. The summed E-state index contributed by atoms with van der Waals surface area (Å²) in [5.74, 6) is 0.417. The summed E-state index contributed by atoms with van der Waals surface area (Å²) in [4.78, 5) is 14.6. The molecule has 1 aromatic heterocycles. The van der Waals surface area contributed by atoms with Crippen LogP contribution < -0.4 is 10.1 Å². The topological polar surface area (TPSA) is 59.4 Å². The zero-order chi connectivity index (χ0) is 15.5. The first kappa shape index (κ1) is 14.6. The molecule has 3 rings (SSSR count). The van der Waals surface area contributed by atoms with Crippen LogP contribution in [0.15, 0.2) is 36.5 Å². The van der Waals surface area contributed by atoms with Gasteiger partial charge >= 0.3 is 0 Å². The number of amides is 1. The molecule has 1 aliphatic heterocycles. The Balaban J connectivity index is 1.93. The zero-order valence-electron chi connectivity index (χ0n) is 12.8. The summed E-state index contributed by atoms with van der Waals surface area (Å²) < 4.78 is 7.03. The van der Waals surface area contributed by atoms with Crippen LogP contribution in [-0.4, -0.2) is 53.4 Å². The lowest BCUT2D eigenvalue weighted by molar-refractivity contribution is 0.0646. The Morgan fingerprint density at radius 2 is 2.14 bits per heavy atom. The van der Waals surface area contributed by atoms with E-state index in [0.717, 1.165) is 18.8 Å². The normalized spacial score (nSPS) is 18.3. The summed E-state index contributed by atoms with van der Waals surface area (Å²) >= 11 is 0. The van der Waals surface area contributed by atoms with Crippen molar-refractivity contribution < 1.29 is 9.53 Å². The van der Waals surface area contributed by atoms with E-state index < -0.39 is 0 Å². The summed E-state index contributed by atoms with van der Waals surface area (Å²) in [6, 6.07) is 9.83. The van der Waals surface area contributed by atoms with Gasteiger partial charge in [0.25, 0.3) is 5.91 Å². The standard InChI is InChI=1S/C16H20N4O2/c1-12-10-17-8-9-19(12)16(21)15-14(22-2)11-20(18-15)13-6-4-3-5-7-13/h3-7,11-12,17H,8-10H2,1-2H3/t12-/m1/s1. The Morgan fingerprint density at radius 3 is 2.82 bits per heavy atom. The fourth-order valence-corrected chi connectivity index (χ4v) is 2.65. The summed E-state index contributed by atoms with van der Waals surface area (Å²) in [6.45, 7) is 4.32. The number of ether oxygens (including phenoxy) is 1. The Hall–Kier alpha value is -2.34. The lowest BCUT2D eigenvalue weighted by Gasteiger charge is -2.33. The Kier molecular flexibility index (Phi) is 4.11. The molecule has 1 amide bonds. The third kappa shape index (κ3) is 2.69. The van der Waals surface area contributed by atoms with Gasteiger partial charge in [0.1, 0.15) is 0 Å². The molecule has 0 spiro atoms. The number of methoxy groups -OCH3 is 1. The molecular formula is C16H20N4O2. The molecule has 2 aromatic rings. The van der Waals surface area contributed by atoms with Crippen molar-refractivity contribution in [2.75, 3.05) is 26.7 Å². The highest BCUT2D eigenvalue weighted by Crippen LogP contribution is 2.22. The van der Waals surface area contributed by atoms with Crippen LogP contribution in [0.25, 0.3) is 5.69 Å². The molecule has 2 heterocycles. The average molecular weight is 300 g/mol. The van der Waals surface area contributed by atoms with E-state index in [1.165, 1.54) is 0 Å². The van der Waals surface area contributed by atoms with Crippen molar-refractivity contribution in [3.8, 4) is 11.4 Å². The second kappa shape index (κ2) is 6.19. The SMILES string of the molecule is COc1cn(-c2ccccc2)nc1C(=O)N1CCNC[C@H]1C. The van der Waals surface area contributed by atoms with E-state index in [1.54, 1.807) is 18.0 Å². The monoisotopic (exact) mass is 300 g/mol. The predicted octanol–water partition coefficient (Wildman–Crippen LogP) is 1.31. The van der Waals surface area contributed by atoms with Crippen LogP contribution >= 0.6 is 0 Å². The van der Waals surface area contributed by atoms with Gasteiger partial charge in [-0.2, -0.15) is 5.10 Å². The summed E-state index contributed by atoms with van der Waals surface area (Å²) in [5, 5.41) is 7.72. The number of nitrogens with one attached hydrogen (secondary N) is 1. The van der Waals surface area contributed by atoms with Crippen LogP contribution in [0.2, 0.25) is 0 Å². The van der Waals surface area contributed by atoms with Gasteiger partial charge in [0.2, 0.25) is 0 Å². The summed E-state index contributed by atoms with van der Waals surface area (Å²) in [5.41, 5.74) is 1.26. The molecule has 1 atom stereocenters. The van der Waals surface area contributed by atoms with Crippen LogP contribution in [-0.2, 0) is 0 Å². The predicted molar refractivity (Wildman–Crippen MR) is 83.5 cm³/mol. The first-order valence-electron chi connectivity index (χ1n) is 7.41. The number of nitrogens with zero attached hydrogens (tertiary/aromatic N) is 3. The van der Waals surface area contributed by atoms with Crippen molar-refractivity contribution in [2.45, 2.75) is 13.0 Å². The van der Waals surface area contributed by atoms with Crippen molar-refractivity contribution in [2.24, 2.45) is 0 Å². The fraction of sp³-hybridized carbons (Fsp3) is 0.375. The first-order valence-corrected chi connectivity index (χ1v) is 7.41. The lowest BCUT2D eigenvalue weighted by Crippen LogP contribution is -2.52. The molecule has 0 bridgehead atoms. The van der Waals surface area contributed by atoms with Gasteiger partial charge in [-0.25, -0.2) is 4.68 Å².